The van der Waals surface area contributed by atoms with Gasteiger partial charge in [-0.25, -0.2) is 4.79 Å². The predicted octanol–water partition coefficient (Wildman–Crippen LogP) is 1.30. The number of benzene rings is 1. The number of carbonyl (C=O) groups is 3. The lowest BCUT2D eigenvalue weighted by atomic mass is 9.83. The minimum absolute atomic E-state index is 0.00440. The van der Waals surface area contributed by atoms with Crippen molar-refractivity contribution >= 4 is 17.8 Å². The molecule has 8 nitrogen and oxygen atoms in total. The van der Waals surface area contributed by atoms with Gasteiger partial charge in [0.1, 0.15) is 6.04 Å². The van der Waals surface area contributed by atoms with E-state index in [4.69, 9.17) is 0 Å². The third-order valence-corrected chi connectivity index (χ3v) is 6.50. The Morgan fingerprint density at radius 2 is 1.77 bits per heavy atom. The van der Waals surface area contributed by atoms with E-state index in [1.165, 1.54) is 4.90 Å². The lowest BCUT2D eigenvalue weighted by Crippen LogP contribution is -2.50. The molecule has 0 radical (unpaired) electrons. The molecule has 0 spiro atoms. The highest BCUT2D eigenvalue weighted by Crippen LogP contribution is 2.35. The molecule has 2 fully saturated rings. The Balaban J connectivity index is 1.25. The lowest BCUT2D eigenvalue weighted by molar-refractivity contribution is -0.137. The molecule has 4 amide bonds. The first kappa shape index (κ1) is 19.5. The summed E-state index contributed by atoms with van der Waals surface area (Å²) < 4.78 is 1.82. The number of nitrogens with zero attached hydrogens (tertiary/aromatic N) is 3. The Bertz CT molecular complexity index is 1100. The van der Waals surface area contributed by atoms with Crippen LogP contribution in [0.15, 0.2) is 53.3 Å². The number of aromatic nitrogens is 1. The summed E-state index contributed by atoms with van der Waals surface area (Å²) >= 11 is 0. The molecule has 1 aromatic carbocycles. The fourth-order valence-electron chi connectivity index (χ4n) is 5.03. The Morgan fingerprint density at radius 3 is 2.58 bits per heavy atom. The molecule has 3 aliphatic heterocycles. The number of likely N-dealkylation sites (tertiary alicyclic amines) is 1. The Labute approximate surface area is 179 Å². The first-order valence-electron chi connectivity index (χ1n) is 10.6. The zero-order valence-electron chi connectivity index (χ0n) is 17.1. The Hall–Kier alpha value is -3.42. The van der Waals surface area contributed by atoms with Crippen LogP contribution in [0.3, 0.4) is 0 Å². The number of carbonyl (C=O) groups excluding carboxylic acids is 3. The van der Waals surface area contributed by atoms with E-state index in [1.807, 2.05) is 41.0 Å². The van der Waals surface area contributed by atoms with Crippen molar-refractivity contribution in [2.45, 2.75) is 37.9 Å². The average Bonchev–Trinajstić information content (AvgIpc) is 3.02. The number of hydrogen-bond donors (Lipinski definition) is 1. The summed E-state index contributed by atoms with van der Waals surface area (Å²) in [7, 11) is 0. The molecule has 0 aliphatic carbocycles. The fourth-order valence-corrected chi connectivity index (χ4v) is 5.03. The molecule has 31 heavy (non-hydrogen) atoms. The second-order valence-electron chi connectivity index (χ2n) is 8.61. The van der Waals surface area contributed by atoms with Gasteiger partial charge >= 0.3 is 6.03 Å². The number of imide groups is 1. The van der Waals surface area contributed by atoms with E-state index in [-0.39, 0.29) is 42.2 Å². The van der Waals surface area contributed by atoms with Crippen LogP contribution in [0.2, 0.25) is 0 Å². The molecular formula is C23H24N4O4. The van der Waals surface area contributed by atoms with Gasteiger partial charge in [0.15, 0.2) is 0 Å². The molecular weight excluding hydrogens is 396 g/mol. The fraction of sp³-hybridized carbons (Fsp3) is 0.391. The van der Waals surface area contributed by atoms with Gasteiger partial charge in [-0.15, -0.1) is 0 Å². The first-order chi connectivity index (χ1) is 15.0. The van der Waals surface area contributed by atoms with Crippen LogP contribution in [0.4, 0.5) is 4.79 Å². The van der Waals surface area contributed by atoms with Crippen molar-refractivity contribution in [3.63, 3.8) is 0 Å². The molecule has 2 bridgehead atoms. The maximum Gasteiger partial charge on any atom is 0.325 e. The van der Waals surface area contributed by atoms with Crippen LogP contribution in [-0.4, -0.2) is 51.3 Å². The standard InChI is InChI=1S/C23H24N4O4/c28-20-8-4-7-19-17-9-16(13-26(19)20)11-25(14-17)21(29)10-18-22(30)27(23(31)24-18)12-15-5-2-1-3-6-15/h1-8,16-18H,9-14H2,(H,24,31)/t16-,17+,18?/m1/s1. The van der Waals surface area contributed by atoms with Gasteiger partial charge in [0.2, 0.25) is 5.91 Å². The highest BCUT2D eigenvalue weighted by molar-refractivity contribution is 6.05. The average molecular weight is 420 g/mol. The SMILES string of the molecule is O=C(CC1NC(=O)N(Cc2ccccc2)C1=O)N1C[C@H]2C[C@@H](C1)c1cccc(=O)n1C2. The van der Waals surface area contributed by atoms with Crippen LogP contribution in [0.25, 0.3) is 0 Å². The lowest BCUT2D eigenvalue weighted by Gasteiger charge is -2.43. The summed E-state index contributed by atoms with van der Waals surface area (Å²) in [4.78, 5) is 53.2. The van der Waals surface area contributed by atoms with Gasteiger partial charge in [-0.2, -0.15) is 0 Å². The minimum Gasteiger partial charge on any atom is -0.342 e. The molecule has 4 heterocycles. The molecule has 2 saturated heterocycles. The highest BCUT2D eigenvalue weighted by Gasteiger charge is 2.41. The first-order valence-corrected chi connectivity index (χ1v) is 10.6. The monoisotopic (exact) mass is 420 g/mol. The van der Waals surface area contributed by atoms with Gasteiger partial charge in [0, 0.05) is 37.3 Å². The molecule has 3 aliphatic rings. The number of piperidine rings is 1. The van der Waals surface area contributed by atoms with Crippen LogP contribution in [-0.2, 0) is 22.7 Å². The summed E-state index contributed by atoms with van der Waals surface area (Å²) in [6, 6.07) is 13.3. The van der Waals surface area contributed by atoms with Gasteiger partial charge < -0.3 is 14.8 Å². The summed E-state index contributed by atoms with van der Waals surface area (Å²) in [5, 5.41) is 2.66. The Kier molecular flexibility index (Phi) is 4.84. The number of urea groups is 1. The van der Waals surface area contributed by atoms with Gasteiger partial charge in [-0.1, -0.05) is 36.4 Å². The van der Waals surface area contributed by atoms with Crippen molar-refractivity contribution in [1.29, 1.82) is 0 Å². The molecule has 1 N–H and O–H groups in total. The Morgan fingerprint density at radius 1 is 0.968 bits per heavy atom. The van der Waals surface area contributed by atoms with Crippen molar-refractivity contribution in [1.82, 2.24) is 19.7 Å². The number of nitrogens with one attached hydrogen (secondary N) is 1. The smallest absolute Gasteiger partial charge is 0.325 e. The quantitative estimate of drug-likeness (QED) is 0.755. The second-order valence-corrected chi connectivity index (χ2v) is 8.61. The zero-order chi connectivity index (χ0) is 21.5. The summed E-state index contributed by atoms with van der Waals surface area (Å²) in [6.45, 7) is 1.90. The van der Waals surface area contributed by atoms with Gasteiger partial charge in [-0.05, 0) is 24.0 Å². The molecule has 5 rings (SSSR count). The number of pyridine rings is 1. The zero-order valence-corrected chi connectivity index (χ0v) is 17.1. The molecule has 8 heteroatoms. The topological polar surface area (TPSA) is 91.7 Å². The maximum absolute atomic E-state index is 13.0. The van der Waals surface area contributed by atoms with E-state index >= 15 is 0 Å². The summed E-state index contributed by atoms with van der Waals surface area (Å²) in [5.41, 5.74) is 1.83. The van der Waals surface area contributed by atoms with Crippen LogP contribution < -0.4 is 10.9 Å². The summed E-state index contributed by atoms with van der Waals surface area (Å²) in [6.07, 6.45) is 0.911. The van der Waals surface area contributed by atoms with E-state index in [0.717, 1.165) is 17.7 Å². The van der Waals surface area contributed by atoms with E-state index in [0.29, 0.717) is 19.6 Å². The minimum atomic E-state index is -0.833. The van der Waals surface area contributed by atoms with Gasteiger partial charge in [0.05, 0.1) is 13.0 Å². The van der Waals surface area contributed by atoms with Crippen LogP contribution in [0.1, 0.15) is 30.0 Å². The number of rotatable bonds is 4. The van der Waals surface area contributed by atoms with E-state index in [9.17, 15) is 19.2 Å². The largest absolute Gasteiger partial charge is 0.342 e. The van der Waals surface area contributed by atoms with Crippen LogP contribution in [0.5, 0.6) is 0 Å². The van der Waals surface area contributed by atoms with Crippen molar-refractivity contribution in [3.8, 4) is 0 Å². The van der Waals surface area contributed by atoms with Gasteiger partial charge in [0.25, 0.3) is 11.5 Å². The number of fused-ring (bicyclic) bond motifs is 4. The number of hydrogen-bond acceptors (Lipinski definition) is 4. The van der Waals surface area contributed by atoms with E-state index in [2.05, 4.69) is 5.32 Å². The normalized spacial score (nSPS) is 24.7. The van der Waals surface area contributed by atoms with E-state index in [1.54, 1.807) is 17.0 Å². The third kappa shape index (κ3) is 3.62. The molecule has 2 aromatic rings. The molecule has 3 atom stereocenters. The van der Waals surface area contributed by atoms with Crippen LogP contribution in [0, 0.1) is 5.92 Å². The summed E-state index contributed by atoms with van der Waals surface area (Å²) in [5.74, 6) is -0.162. The number of amides is 4. The van der Waals surface area contributed by atoms with Crippen LogP contribution >= 0.6 is 0 Å². The molecule has 1 unspecified atom stereocenters. The van der Waals surface area contributed by atoms with Crippen molar-refractivity contribution in [2.75, 3.05) is 13.1 Å². The maximum atomic E-state index is 13.0. The van der Waals surface area contributed by atoms with Crippen molar-refractivity contribution in [3.05, 3.63) is 70.1 Å². The van der Waals surface area contributed by atoms with E-state index < -0.39 is 12.1 Å². The van der Waals surface area contributed by atoms with Gasteiger partial charge in [-0.3, -0.25) is 19.3 Å². The third-order valence-electron chi connectivity index (χ3n) is 6.50. The van der Waals surface area contributed by atoms with Crippen molar-refractivity contribution < 1.29 is 14.4 Å². The second kappa shape index (κ2) is 7.68. The van der Waals surface area contributed by atoms with Crippen molar-refractivity contribution in [2.24, 2.45) is 5.92 Å². The molecule has 1 aromatic heterocycles. The molecule has 160 valence electrons. The molecule has 0 saturated carbocycles. The predicted molar refractivity (Wildman–Crippen MR) is 112 cm³/mol. The highest BCUT2D eigenvalue weighted by atomic mass is 16.2.